The molecule has 5 nitrogen and oxygen atoms in total. The van der Waals surface area contributed by atoms with Crippen LogP contribution in [-0.4, -0.2) is 39.5 Å². The topological polar surface area (TPSA) is 59.6 Å². The zero-order valence-electron chi connectivity index (χ0n) is 11.3. The Morgan fingerprint density at radius 3 is 2.89 bits per heavy atom. The fourth-order valence-corrected chi connectivity index (χ4v) is 2.30. The van der Waals surface area contributed by atoms with E-state index in [1.54, 1.807) is 14.2 Å². The summed E-state index contributed by atoms with van der Waals surface area (Å²) in [4.78, 5) is 12.2. The van der Waals surface area contributed by atoms with Gasteiger partial charge in [0.2, 0.25) is 5.91 Å². The van der Waals surface area contributed by atoms with Gasteiger partial charge in [-0.25, -0.2) is 0 Å². The molecule has 1 unspecified atom stereocenters. The molecule has 0 spiro atoms. The minimum atomic E-state index is -0.407. The van der Waals surface area contributed by atoms with E-state index in [1.807, 2.05) is 18.2 Å². The van der Waals surface area contributed by atoms with Crippen LogP contribution in [0.25, 0.3) is 0 Å². The molecular formula is C14H20N2O3. The average Bonchev–Trinajstić information content (AvgIpc) is 2.47. The number of benzene rings is 1. The Morgan fingerprint density at radius 2 is 2.16 bits per heavy atom. The van der Waals surface area contributed by atoms with Crippen LogP contribution >= 0.6 is 0 Å². The third-order valence-electron chi connectivity index (χ3n) is 3.38. The van der Waals surface area contributed by atoms with Crippen molar-refractivity contribution >= 4 is 5.91 Å². The van der Waals surface area contributed by atoms with Gasteiger partial charge >= 0.3 is 0 Å². The van der Waals surface area contributed by atoms with Crippen LogP contribution in [-0.2, 0) is 20.8 Å². The van der Waals surface area contributed by atoms with E-state index < -0.39 is 6.29 Å². The molecule has 104 valence electrons. The van der Waals surface area contributed by atoms with Gasteiger partial charge < -0.3 is 20.1 Å². The number of amides is 1. The fourth-order valence-electron chi connectivity index (χ4n) is 2.30. The molecule has 0 aromatic heterocycles. The van der Waals surface area contributed by atoms with E-state index in [0.717, 1.165) is 12.1 Å². The monoisotopic (exact) mass is 264 g/mol. The summed E-state index contributed by atoms with van der Waals surface area (Å²) in [6, 6.07) is 8.03. The standard InChI is InChI=1S/C14H20N2O3/c1-18-13(19-2)9-16-14(17)12-8-15-7-10-5-3-4-6-11(10)12/h3-6,12-13,15H,7-9H2,1-2H3,(H,16,17). The first-order chi connectivity index (χ1) is 9.26. The summed E-state index contributed by atoms with van der Waals surface area (Å²) in [6.07, 6.45) is -0.407. The van der Waals surface area contributed by atoms with Crippen molar-refractivity contribution in [3.63, 3.8) is 0 Å². The molecule has 1 aliphatic rings. The number of carbonyl (C=O) groups is 1. The number of hydrogen-bond acceptors (Lipinski definition) is 4. The molecule has 1 aromatic carbocycles. The minimum Gasteiger partial charge on any atom is -0.354 e. The van der Waals surface area contributed by atoms with Crippen molar-refractivity contribution in [2.45, 2.75) is 18.8 Å². The highest BCUT2D eigenvalue weighted by Gasteiger charge is 2.26. The second kappa shape index (κ2) is 6.65. The van der Waals surface area contributed by atoms with Crippen LogP contribution in [0.5, 0.6) is 0 Å². The van der Waals surface area contributed by atoms with E-state index in [1.165, 1.54) is 5.56 Å². The number of hydrogen-bond donors (Lipinski definition) is 2. The maximum atomic E-state index is 12.2. The van der Waals surface area contributed by atoms with Gasteiger partial charge in [-0.15, -0.1) is 0 Å². The molecule has 0 aliphatic carbocycles. The highest BCUT2D eigenvalue weighted by molar-refractivity contribution is 5.84. The molecule has 1 aliphatic heterocycles. The summed E-state index contributed by atoms with van der Waals surface area (Å²) in [6.45, 7) is 1.83. The second-order valence-electron chi connectivity index (χ2n) is 4.53. The first-order valence-electron chi connectivity index (χ1n) is 6.38. The molecule has 0 saturated heterocycles. The van der Waals surface area contributed by atoms with Gasteiger partial charge in [-0.3, -0.25) is 4.79 Å². The van der Waals surface area contributed by atoms with Crippen LogP contribution < -0.4 is 10.6 Å². The summed E-state index contributed by atoms with van der Waals surface area (Å²) in [7, 11) is 3.11. The number of rotatable bonds is 5. The normalized spacial score (nSPS) is 18.2. The van der Waals surface area contributed by atoms with Crippen molar-refractivity contribution in [1.82, 2.24) is 10.6 Å². The number of methoxy groups -OCH3 is 2. The quantitative estimate of drug-likeness (QED) is 0.765. The van der Waals surface area contributed by atoms with Gasteiger partial charge in [0.15, 0.2) is 6.29 Å². The number of ether oxygens (including phenoxy) is 2. The van der Waals surface area contributed by atoms with Crippen molar-refractivity contribution in [3.8, 4) is 0 Å². The third-order valence-corrected chi connectivity index (χ3v) is 3.38. The van der Waals surface area contributed by atoms with E-state index in [2.05, 4.69) is 16.7 Å². The molecule has 1 atom stereocenters. The third kappa shape index (κ3) is 3.32. The minimum absolute atomic E-state index is 0.00116. The maximum Gasteiger partial charge on any atom is 0.229 e. The number of fused-ring (bicyclic) bond motifs is 1. The highest BCUT2D eigenvalue weighted by atomic mass is 16.7. The van der Waals surface area contributed by atoms with Gasteiger partial charge in [-0.1, -0.05) is 24.3 Å². The zero-order chi connectivity index (χ0) is 13.7. The summed E-state index contributed by atoms with van der Waals surface area (Å²) >= 11 is 0. The Morgan fingerprint density at radius 1 is 1.42 bits per heavy atom. The Bertz CT molecular complexity index is 432. The number of nitrogens with one attached hydrogen (secondary N) is 2. The lowest BCUT2D eigenvalue weighted by atomic mass is 9.90. The average molecular weight is 264 g/mol. The first kappa shape index (κ1) is 14.0. The molecule has 5 heteroatoms. The fraction of sp³-hybridized carbons (Fsp3) is 0.500. The second-order valence-corrected chi connectivity index (χ2v) is 4.53. The summed E-state index contributed by atoms with van der Waals surface area (Å²) in [5.41, 5.74) is 2.29. The Labute approximate surface area is 113 Å². The lowest BCUT2D eigenvalue weighted by Crippen LogP contribution is -2.42. The SMILES string of the molecule is COC(CNC(=O)C1CNCc2ccccc21)OC. The Hall–Kier alpha value is -1.43. The predicted octanol–water partition coefficient (Wildman–Crippen LogP) is 0.609. The van der Waals surface area contributed by atoms with E-state index in [0.29, 0.717) is 13.1 Å². The van der Waals surface area contributed by atoms with Gasteiger partial charge in [0.05, 0.1) is 12.5 Å². The highest BCUT2D eigenvalue weighted by Crippen LogP contribution is 2.23. The molecule has 0 fully saturated rings. The lowest BCUT2D eigenvalue weighted by Gasteiger charge is -2.26. The van der Waals surface area contributed by atoms with Crippen molar-refractivity contribution in [1.29, 1.82) is 0 Å². The van der Waals surface area contributed by atoms with Crippen LogP contribution in [0.1, 0.15) is 17.0 Å². The van der Waals surface area contributed by atoms with Gasteiger partial charge in [0.1, 0.15) is 0 Å². The van der Waals surface area contributed by atoms with Crippen molar-refractivity contribution in [3.05, 3.63) is 35.4 Å². The van der Waals surface area contributed by atoms with Crippen molar-refractivity contribution < 1.29 is 14.3 Å². The summed E-state index contributed by atoms with van der Waals surface area (Å²) in [5, 5.41) is 6.13. The van der Waals surface area contributed by atoms with E-state index in [4.69, 9.17) is 9.47 Å². The van der Waals surface area contributed by atoms with E-state index >= 15 is 0 Å². The lowest BCUT2D eigenvalue weighted by molar-refractivity contribution is -0.128. The molecule has 1 amide bonds. The van der Waals surface area contributed by atoms with Crippen LogP contribution in [0.3, 0.4) is 0 Å². The molecule has 1 aromatic rings. The van der Waals surface area contributed by atoms with Gasteiger partial charge in [-0.05, 0) is 11.1 Å². The van der Waals surface area contributed by atoms with Gasteiger partial charge in [-0.2, -0.15) is 0 Å². The first-order valence-corrected chi connectivity index (χ1v) is 6.38. The largest absolute Gasteiger partial charge is 0.354 e. The molecule has 0 saturated carbocycles. The number of carbonyl (C=O) groups excluding carboxylic acids is 1. The maximum absolute atomic E-state index is 12.2. The molecular weight excluding hydrogens is 244 g/mol. The zero-order valence-corrected chi connectivity index (χ0v) is 11.3. The van der Waals surface area contributed by atoms with Crippen LogP contribution in [0.4, 0.5) is 0 Å². The molecule has 0 radical (unpaired) electrons. The molecule has 2 N–H and O–H groups in total. The van der Waals surface area contributed by atoms with Crippen molar-refractivity contribution in [2.24, 2.45) is 0 Å². The van der Waals surface area contributed by atoms with Crippen molar-refractivity contribution in [2.75, 3.05) is 27.3 Å². The Kier molecular flexibility index (Phi) is 4.90. The van der Waals surface area contributed by atoms with Gasteiger partial charge in [0, 0.05) is 27.3 Å². The van der Waals surface area contributed by atoms with Crippen LogP contribution in [0.2, 0.25) is 0 Å². The summed E-state index contributed by atoms with van der Waals surface area (Å²) in [5.74, 6) is -0.155. The molecule has 1 heterocycles. The smallest absolute Gasteiger partial charge is 0.229 e. The molecule has 0 bridgehead atoms. The van der Waals surface area contributed by atoms with Crippen LogP contribution in [0.15, 0.2) is 24.3 Å². The predicted molar refractivity (Wildman–Crippen MR) is 71.7 cm³/mol. The van der Waals surface area contributed by atoms with Gasteiger partial charge in [0.25, 0.3) is 0 Å². The Balaban J connectivity index is 2.01. The molecule has 19 heavy (non-hydrogen) atoms. The van der Waals surface area contributed by atoms with E-state index in [-0.39, 0.29) is 11.8 Å². The summed E-state index contributed by atoms with van der Waals surface area (Å²) < 4.78 is 10.1. The van der Waals surface area contributed by atoms with E-state index in [9.17, 15) is 4.79 Å². The van der Waals surface area contributed by atoms with Crippen LogP contribution in [0, 0.1) is 0 Å². The molecule has 2 rings (SSSR count).